The molecule has 2 aliphatic rings. The summed E-state index contributed by atoms with van der Waals surface area (Å²) in [6.45, 7) is 12.3. The Morgan fingerprint density at radius 3 is 2.43 bits per heavy atom. The van der Waals surface area contributed by atoms with Crippen molar-refractivity contribution in [3.63, 3.8) is 0 Å². The van der Waals surface area contributed by atoms with E-state index in [0.29, 0.717) is 17.9 Å². The smallest absolute Gasteiger partial charge is 0.241 e. The summed E-state index contributed by atoms with van der Waals surface area (Å²) in [5.74, 6) is 0.916. The van der Waals surface area contributed by atoms with Gasteiger partial charge in [-0.15, -0.1) is 0 Å². The SMILES string of the molecule is CCCN1CCC(N2C(=O)C(CC(C)C)NC2CC)CC1. The van der Waals surface area contributed by atoms with Gasteiger partial charge in [-0.1, -0.05) is 27.7 Å². The van der Waals surface area contributed by atoms with Crippen molar-refractivity contribution in [2.45, 2.75) is 78.0 Å². The summed E-state index contributed by atoms with van der Waals surface area (Å²) in [6.07, 6.45) is 5.72. The lowest BCUT2D eigenvalue weighted by Crippen LogP contribution is -2.49. The van der Waals surface area contributed by atoms with Crippen LogP contribution in [0.25, 0.3) is 0 Å². The summed E-state index contributed by atoms with van der Waals surface area (Å²) < 4.78 is 0. The van der Waals surface area contributed by atoms with Crippen LogP contribution in [0.4, 0.5) is 0 Å². The monoisotopic (exact) mass is 295 g/mol. The van der Waals surface area contributed by atoms with Gasteiger partial charge in [-0.3, -0.25) is 10.1 Å². The van der Waals surface area contributed by atoms with Gasteiger partial charge in [0, 0.05) is 19.1 Å². The van der Waals surface area contributed by atoms with E-state index >= 15 is 0 Å². The average Bonchev–Trinajstić information content (AvgIpc) is 2.76. The minimum Gasteiger partial charge on any atom is -0.323 e. The Labute approximate surface area is 130 Å². The van der Waals surface area contributed by atoms with Gasteiger partial charge in [0.2, 0.25) is 5.91 Å². The highest BCUT2D eigenvalue weighted by molar-refractivity contribution is 5.84. The maximum absolute atomic E-state index is 12.8. The number of likely N-dealkylation sites (tertiary alicyclic amines) is 1. The Bertz CT molecular complexity index is 337. The summed E-state index contributed by atoms with van der Waals surface area (Å²) in [4.78, 5) is 17.5. The Morgan fingerprint density at radius 1 is 1.24 bits per heavy atom. The van der Waals surface area contributed by atoms with Crippen molar-refractivity contribution in [3.05, 3.63) is 0 Å². The van der Waals surface area contributed by atoms with E-state index in [4.69, 9.17) is 0 Å². The fourth-order valence-electron chi connectivity index (χ4n) is 3.84. The maximum Gasteiger partial charge on any atom is 0.241 e. The molecule has 2 rings (SSSR count). The number of rotatable bonds is 6. The predicted octanol–water partition coefficient (Wildman–Crippen LogP) is 2.44. The molecule has 0 saturated carbocycles. The second-order valence-electron chi connectivity index (χ2n) is 7.09. The summed E-state index contributed by atoms with van der Waals surface area (Å²) in [6, 6.07) is 0.490. The number of hydrogen-bond donors (Lipinski definition) is 1. The Hall–Kier alpha value is -0.610. The summed E-state index contributed by atoms with van der Waals surface area (Å²) in [5.41, 5.74) is 0. The Kier molecular flexibility index (Phi) is 6.06. The zero-order valence-corrected chi connectivity index (χ0v) is 14.3. The minimum absolute atomic E-state index is 0.0450. The van der Waals surface area contributed by atoms with E-state index in [1.807, 2.05) is 0 Å². The normalized spacial score (nSPS) is 28.8. The van der Waals surface area contributed by atoms with Gasteiger partial charge in [-0.2, -0.15) is 0 Å². The maximum atomic E-state index is 12.8. The molecule has 2 heterocycles. The number of piperidine rings is 1. The number of nitrogens with zero attached hydrogens (tertiary/aromatic N) is 2. The van der Waals surface area contributed by atoms with Crippen molar-refractivity contribution < 1.29 is 4.79 Å². The molecule has 2 fully saturated rings. The molecule has 0 bridgehead atoms. The van der Waals surface area contributed by atoms with E-state index < -0.39 is 0 Å². The van der Waals surface area contributed by atoms with E-state index in [-0.39, 0.29) is 12.2 Å². The molecular weight excluding hydrogens is 262 g/mol. The van der Waals surface area contributed by atoms with Crippen LogP contribution in [-0.4, -0.2) is 53.6 Å². The van der Waals surface area contributed by atoms with E-state index in [1.165, 1.54) is 13.0 Å². The molecule has 0 aromatic carbocycles. The van der Waals surface area contributed by atoms with Crippen molar-refractivity contribution in [2.24, 2.45) is 5.92 Å². The highest BCUT2D eigenvalue weighted by Gasteiger charge is 2.42. The lowest BCUT2D eigenvalue weighted by Gasteiger charge is -2.39. The molecule has 0 aliphatic carbocycles. The van der Waals surface area contributed by atoms with Crippen LogP contribution in [0.2, 0.25) is 0 Å². The number of amides is 1. The first-order valence-electron chi connectivity index (χ1n) is 8.87. The van der Waals surface area contributed by atoms with Gasteiger partial charge in [-0.05, 0) is 44.6 Å². The average molecular weight is 295 g/mol. The predicted molar refractivity (Wildman–Crippen MR) is 87.1 cm³/mol. The molecule has 2 unspecified atom stereocenters. The van der Waals surface area contributed by atoms with Crippen molar-refractivity contribution >= 4 is 5.91 Å². The third kappa shape index (κ3) is 3.98. The first-order valence-corrected chi connectivity index (χ1v) is 8.87. The molecule has 0 radical (unpaired) electrons. The summed E-state index contributed by atoms with van der Waals surface area (Å²) in [5, 5.41) is 3.57. The first kappa shape index (κ1) is 16.8. The van der Waals surface area contributed by atoms with Gasteiger partial charge in [0.25, 0.3) is 0 Å². The van der Waals surface area contributed by atoms with Gasteiger partial charge in [-0.25, -0.2) is 0 Å². The van der Waals surface area contributed by atoms with Gasteiger partial charge in [0.05, 0.1) is 12.2 Å². The quantitative estimate of drug-likeness (QED) is 0.817. The van der Waals surface area contributed by atoms with Gasteiger partial charge >= 0.3 is 0 Å². The van der Waals surface area contributed by atoms with Crippen LogP contribution in [-0.2, 0) is 4.79 Å². The van der Waals surface area contributed by atoms with E-state index in [0.717, 1.165) is 38.8 Å². The third-order valence-corrected chi connectivity index (χ3v) is 4.87. The van der Waals surface area contributed by atoms with Crippen molar-refractivity contribution in [1.82, 2.24) is 15.1 Å². The lowest BCUT2D eigenvalue weighted by molar-refractivity contribution is -0.133. The second kappa shape index (κ2) is 7.59. The van der Waals surface area contributed by atoms with Crippen molar-refractivity contribution in [3.8, 4) is 0 Å². The molecule has 2 atom stereocenters. The second-order valence-corrected chi connectivity index (χ2v) is 7.09. The molecule has 0 spiro atoms. The Balaban J connectivity index is 1.96. The van der Waals surface area contributed by atoms with Crippen molar-refractivity contribution in [1.29, 1.82) is 0 Å². The van der Waals surface area contributed by atoms with Crippen molar-refractivity contribution in [2.75, 3.05) is 19.6 Å². The van der Waals surface area contributed by atoms with Gasteiger partial charge < -0.3 is 9.80 Å². The van der Waals surface area contributed by atoms with E-state index in [2.05, 4.69) is 42.8 Å². The zero-order valence-electron chi connectivity index (χ0n) is 14.3. The molecule has 0 aromatic heterocycles. The molecule has 21 heavy (non-hydrogen) atoms. The van der Waals surface area contributed by atoms with Gasteiger partial charge in [0.15, 0.2) is 0 Å². The standard InChI is InChI=1S/C17H33N3O/c1-5-9-19-10-7-14(8-11-19)20-16(6-2)18-15(17(20)21)12-13(3)4/h13-16,18H,5-12H2,1-4H3. The van der Waals surface area contributed by atoms with Crippen LogP contribution < -0.4 is 5.32 Å². The molecule has 1 N–H and O–H groups in total. The number of carbonyl (C=O) groups is 1. The van der Waals surface area contributed by atoms with Crippen LogP contribution in [0.5, 0.6) is 0 Å². The lowest BCUT2D eigenvalue weighted by atomic mass is 10.0. The molecule has 2 saturated heterocycles. The number of hydrogen-bond acceptors (Lipinski definition) is 3. The molecule has 122 valence electrons. The van der Waals surface area contributed by atoms with Crippen LogP contribution in [0.3, 0.4) is 0 Å². The first-order chi connectivity index (χ1) is 10.1. The van der Waals surface area contributed by atoms with Crippen LogP contribution >= 0.6 is 0 Å². The molecule has 1 amide bonds. The molecule has 0 aromatic rings. The number of carbonyl (C=O) groups excluding carboxylic acids is 1. The largest absolute Gasteiger partial charge is 0.323 e. The minimum atomic E-state index is 0.0450. The Morgan fingerprint density at radius 2 is 1.90 bits per heavy atom. The molecule has 2 aliphatic heterocycles. The third-order valence-electron chi connectivity index (χ3n) is 4.87. The highest BCUT2D eigenvalue weighted by Crippen LogP contribution is 2.26. The molecule has 4 nitrogen and oxygen atoms in total. The summed E-state index contributed by atoms with van der Waals surface area (Å²) in [7, 11) is 0. The molecular formula is C17H33N3O. The van der Waals surface area contributed by atoms with Crippen LogP contribution in [0, 0.1) is 5.92 Å². The topological polar surface area (TPSA) is 35.6 Å². The fraction of sp³-hybridized carbons (Fsp3) is 0.941. The van der Waals surface area contributed by atoms with Crippen LogP contribution in [0.1, 0.15) is 59.8 Å². The number of nitrogens with one attached hydrogen (secondary N) is 1. The van der Waals surface area contributed by atoms with E-state index in [9.17, 15) is 4.79 Å². The zero-order chi connectivity index (χ0) is 15.4. The van der Waals surface area contributed by atoms with Crippen LogP contribution in [0.15, 0.2) is 0 Å². The van der Waals surface area contributed by atoms with Gasteiger partial charge in [0.1, 0.15) is 0 Å². The fourth-order valence-corrected chi connectivity index (χ4v) is 3.84. The highest BCUT2D eigenvalue weighted by atomic mass is 16.2. The van der Waals surface area contributed by atoms with E-state index in [1.54, 1.807) is 0 Å². The summed E-state index contributed by atoms with van der Waals surface area (Å²) >= 11 is 0. The molecule has 4 heteroatoms.